The quantitative estimate of drug-likeness (QED) is 0.806. The number of halogens is 1. The van der Waals surface area contributed by atoms with Gasteiger partial charge in [0.25, 0.3) is 5.88 Å². The lowest BCUT2D eigenvalue weighted by Gasteiger charge is -2.07. The van der Waals surface area contributed by atoms with Crippen molar-refractivity contribution in [2.24, 2.45) is 0 Å². The molecule has 2 rings (SSSR count). The number of nitrogens with two attached hydrogens (primary N) is 1. The lowest BCUT2D eigenvalue weighted by Crippen LogP contribution is -2.15. The van der Waals surface area contributed by atoms with E-state index in [1.165, 1.54) is 12.1 Å². The van der Waals surface area contributed by atoms with Gasteiger partial charge in [-0.2, -0.15) is 4.98 Å². The summed E-state index contributed by atoms with van der Waals surface area (Å²) >= 11 is 1.14. The summed E-state index contributed by atoms with van der Waals surface area (Å²) in [5.41, 5.74) is 5.88. The number of nitrogen functional groups attached to an aromatic ring is 1. The number of aliphatic hydroxyl groups is 1. The number of fused-ring (bicyclic) bond motifs is 1. The Labute approximate surface area is 100 Å². The van der Waals surface area contributed by atoms with Gasteiger partial charge in [0.05, 0.1) is 0 Å². The summed E-state index contributed by atoms with van der Waals surface area (Å²) in [6.07, 6.45) is 0.430. The van der Waals surface area contributed by atoms with Crippen molar-refractivity contribution in [3.8, 4) is 5.88 Å². The van der Waals surface area contributed by atoms with Crippen LogP contribution >= 0.6 is 11.3 Å². The Kier molecular flexibility index (Phi) is 3.21. The average molecular weight is 255 g/mol. The fraction of sp³-hybridized carbons (Fsp3) is 0.200. The summed E-state index contributed by atoms with van der Waals surface area (Å²) in [5.74, 6) is -0.818. The molecule has 0 saturated carbocycles. The van der Waals surface area contributed by atoms with Crippen LogP contribution < -0.4 is 10.5 Å². The van der Waals surface area contributed by atoms with Crippen LogP contribution in [0.25, 0.3) is 10.3 Å². The van der Waals surface area contributed by atoms with E-state index < -0.39 is 11.9 Å². The Morgan fingerprint density at radius 3 is 3.12 bits per heavy atom. The van der Waals surface area contributed by atoms with Crippen molar-refractivity contribution >= 4 is 26.8 Å². The van der Waals surface area contributed by atoms with Crippen molar-refractivity contribution in [3.05, 3.63) is 24.5 Å². The van der Waals surface area contributed by atoms with E-state index in [4.69, 9.17) is 10.5 Å². The first kappa shape index (κ1) is 11.7. The smallest absolute Gasteiger partial charge is 0.252 e. The molecule has 5 nitrogen and oxygen atoms in total. The Balaban J connectivity index is 2.27. The van der Waals surface area contributed by atoms with Crippen molar-refractivity contribution in [1.29, 1.82) is 0 Å². The summed E-state index contributed by atoms with van der Waals surface area (Å²) in [4.78, 5) is 8.33. The lowest BCUT2D eigenvalue weighted by atomic mass is 10.4. The molecule has 2 heterocycles. The molecule has 7 heteroatoms. The molecule has 0 saturated heterocycles. The van der Waals surface area contributed by atoms with E-state index in [0.29, 0.717) is 15.5 Å². The van der Waals surface area contributed by atoms with E-state index in [-0.39, 0.29) is 12.5 Å². The molecular formula is C10H10FN3O2S. The van der Waals surface area contributed by atoms with Gasteiger partial charge in [-0.1, -0.05) is 17.4 Å². The van der Waals surface area contributed by atoms with Crippen LogP contribution in [0.1, 0.15) is 0 Å². The molecule has 0 radical (unpaired) electrons. The SMILES string of the molecule is C=C[C@@H](O)COc1nc2sc(N)nc2cc1F. The number of anilines is 1. The predicted molar refractivity (Wildman–Crippen MR) is 63.5 cm³/mol. The summed E-state index contributed by atoms with van der Waals surface area (Å²) in [7, 11) is 0. The van der Waals surface area contributed by atoms with Crippen molar-refractivity contribution < 1.29 is 14.2 Å². The van der Waals surface area contributed by atoms with Gasteiger partial charge in [0.1, 0.15) is 23.1 Å². The number of rotatable bonds is 4. The number of aliphatic hydroxyl groups excluding tert-OH is 1. The minimum absolute atomic E-state index is 0.104. The van der Waals surface area contributed by atoms with Crippen LogP contribution in [0.5, 0.6) is 5.88 Å². The van der Waals surface area contributed by atoms with E-state index in [1.807, 2.05) is 0 Å². The minimum Gasteiger partial charge on any atom is -0.472 e. The van der Waals surface area contributed by atoms with E-state index in [1.54, 1.807) is 0 Å². The van der Waals surface area contributed by atoms with Crippen molar-refractivity contribution in [1.82, 2.24) is 9.97 Å². The molecule has 2 aromatic rings. The highest BCUT2D eigenvalue weighted by molar-refractivity contribution is 7.21. The van der Waals surface area contributed by atoms with E-state index in [2.05, 4.69) is 16.5 Å². The largest absolute Gasteiger partial charge is 0.472 e. The molecule has 0 bridgehead atoms. The molecule has 90 valence electrons. The molecule has 2 aromatic heterocycles. The van der Waals surface area contributed by atoms with Crippen LogP contribution in [0.15, 0.2) is 18.7 Å². The molecule has 0 unspecified atom stereocenters. The third-order valence-electron chi connectivity index (χ3n) is 1.98. The van der Waals surface area contributed by atoms with E-state index >= 15 is 0 Å². The Bertz CT molecular complexity index is 558. The number of pyridine rings is 1. The number of hydrogen-bond acceptors (Lipinski definition) is 6. The Hall–Kier alpha value is -1.73. The van der Waals surface area contributed by atoms with Gasteiger partial charge in [0, 0.05) is 6.07 Å². The fourth-order valence-electron chi connectivity index (χ4n) is 1.18. The second kappa shape index (κ2) is 4.64. The summed E-state index contributed by atoms with van der Waals surface area (Å²) in [5, 5.41) is 9.52. The molecule has 0 amide bonds. The van der Waals surface area contributed by atoms with Gasteiger partial charge in [0.2, 0.25) is 0 Å². The molecule has 0 spiro atoms. The molecule has 0 aliphatic rings. The van der Waals surface area contributed by atoms with E-state index in [9.17, 15) is 9.50 Å². The first-order valence-electron chi connectivity index (χ1n) is 4.76. The Morgan fingerprint density at radius 2 is 2.41 bits per heavy atom. The first-order valence-corrected chi connectivity index (χ1v) is 5.58. The van der Waals surface area contributed by atoms with Gasteiger partial charge in [-0.3, -0.25) is 0 Å². The number of ether oxygens (including phenoxy) is 1. The molecule has 0 aliphatic carbocycles. The van der Waals surface area contributed by atoms with Crippen molar-refractivity contribution in [3.63, 3.8) is 0 Å². The third-order valence-corrected chi connectivity index (χ3v) is 2.78. The topological polar surface area (TPSA) is 81.3 Å². The summed E-state index contributed by atoms with van der Waals surface area (Å²) < 4.78 is 18.5. The molecule has 3 N–H and O–H groups in total. The Morgan fingerprint density at radius 1 is 1.65 bits per heavy atom. The zero-order valence-corrected chi connectivity index (χ0v) is 9.58. The molecular weight excluding hydrogens is 245 g/mol. The first-order chi connectivity index (χ1) is 8.10. The maximum absolute atomic E-state index is 13.5. The average Bonchev–Trinajstić information content (AvgIpc) is 2.64. The van der Waals surface area contributed by atoms with Gasteiger partial charge >= 0.3 is 0 Å². The van der Waals surface area contributed by atoms with Crippen molar-refractivity contribution in [2.45, 2.75) is 6.10 Å². The monoisotopic (exact) mass is 255 g/mol. The van der Waals surface area contributed by atoms with Crippen molar-refractivity contribution in [2.75, 3.05) is 12.3 Å². The number of thiazole rings is 1. The maximum atomic E-state index is 13.5. The molecule has 17 heavy (non-hydrogen) atoms. The highest BCUT2D eigenvalue weighted by Gasteiger charge is 2.12. The van der Waals surface area contributed by atoms with Crippen LogP contribution in [0.2, 0.25) is 0 Å². The predicted octanol–water partition coefficient (Wildman–Crippen LogP) is 1.34. The summed E-state index contributed by atoms with van der Waals surface area (Å²) in [6.45, 7) is 3.28. The van der Waals surface area contributed by atoms with Gasteiger partial charge in [0.15, 0.2) is 10.9 Å². The van der Waals surface area contributed by atoms with Gasteiger partial charge < -0.3 is 15.6 Å². The minimum atomic E-state index is -0.863. The highest BCUT2D eigenvalue weighted by Crippen LogP contribution is 2.26. The van der Waals surface area contributed by atoms with Crippen LogP contribution in [-0.2, 0) is 0 Å². The number of hydrogen-bond donors (Lipinski definition) is 2. The zero-order valence-electron chi connectivity index (χ0n) is 8.76. The third kappa shape index (κ3) is 2.51. The lowest BCUT2D eigenvalue weighted by molar-refractivity contribution is 0.138. The maximum Gasteiger partial charge on any atom is 0.252 e. The molecule has 0 aromatic carbocycles. The standard InChI is InChI=1S/C10H10FN3O2S/c1-2-5(15)4-16-8-6(11)3-7-9(14-8)17-10(12)13-7/h2-3,5,15H,1,4H2,(H2,12,13)/t5-/m1/s1. The molecule has 0 aliphatic heterocycles. The van der Waals surface area contributed by atoms with Gasteiger partial charge in [-0.25, -0.2) is 9.37 Å². The highest BCUT2D eigenvalue weighted by atomic mass is 32.1. The van der Waals surface area contributed by atoms with E-state index in [0.717, 1.165) is 11.3 Å². The normalized spacial score (nSPS) is 12.6. The molecule has 0 fully saturated rings. The number of aromatic nitrogens is 2. The van der Waals surface area contributed by atoms with Crippen LogP contribution in [0, 0.1) is 5.82 Å². The van der Waals surface area contributed by atoms with Crippen LogP contribution in [0.4, 0.5) is 9.52 Å². The summed E-state index contributed by atoms with van der Waals surface area (Å²) in [6, 6.07) is 1.20. The van der Waals surface area contributed by atoms with Crippen LogP contribution in [-0.4, -0.2) is 27.8 Å². The number of nitrogens with zero attached hydrogens (tertiary/aromatic N) is 2. The van der Waals surface area contributed by atoms with Gasteiger partial charge in [-0.15, -0.1) is 6.58 Å². The second-order valence-corrected chi connectivity index (χ2v) is 4.27. The zero-order chi connectivity index (χ0) is 12.4. The van der Waals surface area contributed by atoms with Crippen LogP contribution in [0.3, 0.4) is 0 Å². The molecule has 1 atom stereocenters. The second-order valence-electron chi connectivity index (χ2n) is 3.27. The fourth-order valence-corrected chi connectivity index (χ4v) is 1.86. The van der Waals surface area contributed by atoms with Gasteiger partial charge in [-0.05, 0) is 0 Å².